The predicted octanol–water partition coefficient (Wildman–Crippen LogP) is 3.07. The lowest BCUT2D eigenvalue weighted by molar-refractivity contribution is -0.126. The maximum atomic E-state index is 12.7. The number of hydrogen-bond acceptors (Lipinski definition) is 6. The van der Waals surface area contributed by atoms with Gasteiger partial charge in [-0.2, -0.15) is 0 Å². The molecule has 0 bridgehead atoms. The molecule has 0 radical (unpaired) electrons. The van der Waals surface area contributed by atoms with E-state index in [1.54, 1.807) is 11.3 Å². The zero-order valence-corrected chi connectivity index (χ0v) is 18.8. The molecule has 1 aromatic heterocycles. The van der Waals surface area contributed by atoms with Gasteiger partial charge in [0.05, 0.1) is 16.0 Å². The van der Waals surface area contributed by atoms with Gasteiger partial charge in [0.25, 0.3) is 0 Å². The average molecular weight is 459 g/mol. The van der Waals surface area contributed by atoms with Crippen LogP contribution in [0.15, 0.2) is 54.6 Å². The van der Waals surface area contributed by atoms with Gasteiger partial charge >= 0.3 is 0 Å². The van der Waals surface area contributed by atoms with E-state index in [9.17, 15) is 13.2 Å². The molecule has 2 N–H and O–H groups in total. The molecule has 1 fully saturated rings. The van der Waals surface area contributed by atoms with Crippen molar-refractivity contribution in [3.05, 3.63) is 60.2 Å². The summed E-state index contributed by atoms with van der Waals surface area (Å²) in [4.78, 5) is 17.0. The fourth-order valence-electron chi connectivity index (χ4n) is 3.72. The Kier molecular flexibility index (Phi) is 6.84. The van der Waals surface area contributed by atoms with Crippen LogP contribution in [0.5, 0.6) is 0 Å². The summed E-state index contributed by atoms with van der Waals surface area (Å²) in [6.07, 6.45) is 1.09. The molecule has 1 saturated heterocycles. The van der Waals surface area contributed by atoms with Gasteiger partial charge in [-0.1, -0.05) is 53.8 Å². The number of carbonyl (C=O) groups excluding carboxylic acids is 1. The van der Waals surface area contributed by atoms with Gasteiger partial charge in [0, 0.05) is 32.1 Å². The number of fused-ring (bicyclic) bond motifs is 1. The third kappa shape index (κ3) is 5.61. The Hall–Kier alpha value is -2.49. The molecule has 9 heteroatoms. The highest BCUT2D eigenvalue weighted by Crippen LogP contribution is 2.25. The van der Waals surface area contributed by atoms with Gasteiger partial charge < -0.3 is 10.6 Å². The lowest BCUT2D eigenvalue weighted by Gasteiger charge is -2.30. The van der Waals surface area contributed by atoms with Crippen LogP contribution in [-0.4, -0.2) is 49.8 Å². The van der Waals surface area contributed by atoms with Gasteiger partial charge in [-0.15, -0.1) is 0 Å². The fourth-order valence-corrected chi connectivity index (χ4v) is 6.17. The van der Waals surface area contributed by atoms with E-state index in [4.69, 9.17) is 0 Å². The summed E-state index contributed by atoms with van der Waals surface area (Å²) in [6, 6.07) is 17.2. The van der Waals surface area contributed by atoms with Crippen LogP contribution in [0.2, 0.25) is 0 Å². The lowest BCUT2D eigenvalue weighted by atomic mass is 9.97. The molecule has 164 valence electrons. The maximum absolute atomic E-state index is 12.7. The molecule has 4 rings (SSSR count). The highest BCUT2D eigenvalue weighted by Gasteiger charge is 2.31. The monoisotopic (exact) mass is 458 g/mol. The minimum atomic E-state index is -3.36. The number of hydrogen-bond donors (Lipinski definition) is 2. The summed E-state index contributed by atoms with van der Waals surface area (Å²) in [5.74, 6) is -0.154. The van der Waals surface area contributed by atoms with E-state index in [2.05, 4.69) is 15.6 Å². The van der Waals surface area contributed by atoms with E-state index in [0.717, 1.165) is 20.9 Å². The van der Waals surface area contributed by atoms with Crippen LogP contribution in [0.4, 0.5) is 5.13 Å². The number of thiazole rings is 1. The van der Waals surface area contributed by atoms with Gasteiger partial charge in [-0.3, -0.25) is 4.79 Å². The zero-order chi connectivity index (χ0) is 21.7. The molecule has 7 nitrogen and oxygen atoms in total. The first kappa shape index (κ1) is 21.7. The standard InChI is InChI=1S/C22H26N4O3S2/c27-21(23-12-13-24-22-25-19-8-4-5-9-20(19)30-22)18-10-14-26(15-11-18)31(28,29)16-17-6-2-1-3-7-17/h1-9,18H,10-16H2,(H,23,27)(H,24,25). The normalized spacial score (nSPS) is 15.7. The summed E-state index contributed by atoms with van der Waals surface area (Å²) in [7, 11) is -3.36. The largest absolute Gasteiger partial charge is 0.360 e. The first-order valence-electron chi connectivity index (χ1n) is 10.4. The Labute approximate surface area is 186 Å². The number of anilines is 1. The number of piperidine rings is 1. The molecule has 31 heavy (non-hydrogen) atoms. The molecule has 3 aromatic rings. The molecular weight excluding hydrogens is 432 g/mol. The van der Waals surface area contributed by atoms with E-state index >= 15 is 0 Å². The smallest absolute Gasteiger partial charge is 0.223 e. The maximum Gasteiger partial charge on any atom is 0.223 e. The van der Waals surface area contributed by atoms with E-state index in [0.29, 0.717) is 39.0 Å². The second kappa shape index (κ2) is 9.76. The third-order valence-corrected chi connectivity index (χ3v) is 8.25. The van der Waals surface area contributed by atoms with Crippen molar-refractivity contribution in [2.75, 3.05) is 31.5 Å². The first-order chi connectivity index (χ1) is 15.0. The Balaban J connectivity index is 1.19. The fraction of sp³-hybridized carbons (Fsp3) is 0.364. The van der Waals surface area contributed by atoms with Gasteiger partial charge in [0.2, 0.25) is 15.9 Å². The summed E-state index contributed by atoms with van der Waals surface area (Å²) in [6.45, 7) is 1.87. The summed E-state index contributed by atoms with van der Waals surface area (Å²) < 4.78 is 27.9. The van der Waals surface area contributed by atoms with Crippen LogP contribution in [0.25, 0.3) is 10.2 Å². The van der Waals surface area contributed by atoms with Crippen molar-refractivity contribution in [1.29, 1.82) is 0 Å². The molecule has 0 aliphatic carbocycles. The van der Waals surface area contributed by atoms with Crippen molar-refractivity contribution in [2.24, 2.45) is 5.92 Å². The number of aromatic nitrogens is 1. The van der Waals surface area contributed by atoms with Crippen molar-refractivity contribution < 1.29 is 13.2 Å². The zero-order valence-electron chi connectivity index (χ0n) is 17.2. The highest BCUT2D eigenvalue weighted by atomic mass is 32.2. The molecule has 0 spiro atoms. The number of carbonyl (C=O) groups is 1. The molecule has 1 amide bonds. The molecular formula is C22H26N4O3S2. The SMILES string of the molecule is O=C(NCCNc1nc2ccccc2s1)C1CCN(S(=O)(=O)Cc2ccccc2)CC1. The van der Waals surface area contributed by atoms with Crippen molar-refractivity contribution >= 4 is 42.6 Å². The van der Waals surface area contributed by atoms with Gasteiger partial charge in [-0.25, -0.2) is 17.7 Å². The van der Waals surface area contributed by atoms with Crippen molar-refractivity contribution in [1.82, 2.24) is 14.6 Å². The summed E-state index contributed by atoms with van der Waals surface area (Å²) >= 11 is 1.59. The minimum absolute atomic E-state index is 0.00212. The average Bonchev–Trinajstić information content (AvgIpc) is 3.20. The molecule has 1 aliphatic rings. The van der Waals surface area contributed by atoms with E-state index in [1.807, 2.05) is 54.6 Å². The number of rotatable bonds is 8. The Morgan fingerprint density at radius 2 is 1.74 bits per heavy atom. The first-order valence-corrected chi connectivity index (χ1v) is 12.8. The predicted molar refractivity (Wildman–Crippen MR) is 124 cm³/mol. The summed E-state index contributed by atoms with van der Waals surface area (Å²) in [5.41, 5.74) is 1.75. The quantitative estimate of drug-likeness (QED) is 0.506. The van der Waals surface area contributed by atoms with Crippen LogP contribution in [-0.2, 0) is 20.6 Å². The van der Waals surface area contributed by atoms with Crippen molar-refractivity contribution in [3.8, 4) is 0 Å². The van der Waals surface area contributed by atoms with Crippen molar-refractivity contribution in [2.45, 2.75) is 18.6 Å². The molecule has 2 aromatic carbocycles. The van der Waals surface area contributed by atoms with Crippen molar-refractivity contribution in [3.63, 3.8) is 0 Å². The van der Waals surface area contributed by atoms with Gasteiger partial charge in [0.15, 0.2) is 5.13 Å². The van der Waals surface area contributed by atoms with E-state index < -0.39 is 10.0 Å². The third-order valence-electron chi connectivity index (χ3n) is 5.40. The second-order valence-electron chi connectivity index (χ2n) is 7.62. The summed E-state index contributed by atoms with van der Waals surface area (Å²) in [5, 5.41) is 7.05. The number of nitrogens with one attached hydrogen (secondary N) is 2. The lowest BCUT2D eigenvalue weighted by Crippen LogP contribution is -2.44. The number of para-hydroxylation sites is 1. The number of benzene rings is 2. The number of sulfonamides is 1. The number of nitrogens with zero attached hydrogens (tertiary/aromatic N) is 2. The van der Waals surface area contributed by atoms with Crippen LogP contribution < -0.4 is 10.6 Å². The second-order valence-corrected chi connectivity index (χ2v) is 10.6. The van der Waals surface area contributed by atoms with Gasteiger partial charge in [-0.05, 0) is 30.5 Å². The van der Waals surface area contributed by atoms with Crippen LogP contribution in [0, 0.1) is 5.92 Å². The molecule has 1 aliphatic heterocycles. The van der Waals surface area contributed by atoms with Crippen LogP contribution in [0.1, 0.15) is 18.4 Å². The Morgan fingerprint density at radius 3 is 2.48 bits per heavy atom. The van der Waals surface area contributed by atoms with Crippen LogP contribution in [0.3, 0.4) is 0 Å². The molecule has 0 atom stereocenters. The number of amides is 1. The Bertz CT molecular complexity index is 1090. The van der Waals surface area contributed by atoms with Crippen LogP contribution >= 0.6 is 11.3 Å². The minimum Gasteiger partial charge on any atom is -0.360 e. The highest BCUT2D eigenvalue weighted by molar-refractivity contribution is 7.88. The van der Waals surface area contributed by atoms with E-state index in [1.165, 1.54) is 4.31 Å². The van der Waals surface area contributed by atoms with E-state index in [-0.39, 0.29) is 17.6 Å². The molecule has 0 saturated carbocycles. The molecule has 2 heterocycles. The topological polar surface area (TPSA) is 91.4 Å². The Morgan fingerprint density at radius 1 is 1.03 bits per heavy atom. The molecule has 0 unspecified atom stereocenters. The van der Waals surface area contributed by atoms with Gasteiger partial charge in [0.1, 0.15) is 0 Å².